The predicted octanol–water partition coefficient (Wildman–Crippen LogP) is 0.302. The first kappa shape index (κ1) is 13.0. The lowest BCUT2D eigenvalue weighted by atomic mass is 9.94. The molecule has 2 unspecified atom stereocenters. The monoisotopic (exact) mass is 251 g/mol. The van der Waals surface area contributed by atoms with Gasteiger partial charge in [-0.25, -0.2) is 0 Å². The number of rotatable bonds is 4. The van der Waals surface area contributed by atoms with Crippen molar-refractivity contribution in [2.45, 2.75) is 45.8 Å². The van der Waals surface area contributed by atoms with E-state index in [2.05, 4.69) is 27.8 Å². The van der Waals surface area contributed by atoms with Crippen molar-refractivity contribution < 1.29 is 4.79 Å². The number of carbonyl (C=O) groups excluding carboxylic acids is 1. The predicted molar refractivity (Wildman–Crippen MR) is 67.7 cm³/mol. The van der Waals surface area contributed by atoms with E-state index in [1.165, 1.54) is 0 Å². The van der Waals surface area contributed by atoms with Gasteiger partial charge in [-0.15, -0.1) is 10.2 Å². The van der Waals surface area contributed by atoms with E-state index in [1.807, 2.05) is 11.5 Å². The van der Waals surface area contributed by atoms with Crippen LogP contribution >= 0.6 is 0 Å². The van der Waals surface area contributed by atoms with Crippen molar-refractivity contribution >= 4 is 5.91 Å². The Morgan fingerprint density at radius 1 is 1.67 bits per heavy atom. The summed E-state index contributed by atoms with van der Waals surface area (Å²) in [5.41, 5.74) is 0. The number of amides is 1. The number of nitrogens with one attached hydrogen (secondary N) is 2. The van der Waals surface area contributed by atoms with Crippen LogP contribution in [0.2, 0.25) is 0 Å². The van der Waals surface area contributed by atoms with Crippen LogP contribution in [0.4, 0.5) is 0 Å². The van der Waals surface area contributed by atoms with E-state index in [4.69, 9.17) is 0 Å². The molecule has 2 rings (SSSR count). The number of carbonyl (C=O) groups is 1. The van der Waals surface area contributed by atoms with Gasteiger partial charge >= 0.3 is 0 Å². The summed E-state index contributed by atoms with van der Waals surface area (Å²) in [7, 11) is 0. The molecular formula is C12H21N5O. The Balaban J connectivity index is 1.84. The van der Waals surface area contributed by atoms with Crippen molar-refractivity contribution in [2.75, 3.05) is 6.54 Å². The van der Waals surface area contributed by atoms with Crippen molar-refractivity contribution in [3.8, 4) is 0 Å². The second-order valence-electron chi connectivity index (χ2n) is 4.89. The van der Waals surface area contributed by atoms with Gasteiger partial charge in [-0.1, -0.05) is 6.92 Å². The van der Waals surface area contributed by atoms with Crippen LogP contribution in [-0.4, -0.2) is 33.3 Å². The van der Waals surface area contributed by atoms with Gasteiger partial charge in [0.15, 0.2) is 5.82 Å². The molecule has 1 aromatic heterocycles. The summed E-state index contributed by atoms with van der Waals surface area (Å²) in [6.07, 6.45) is 3.74. The van der Waals surface area contributed by atoms with Crippen LogP contribution in [0, 0.1) is 5.92 Å². The van der Waals surface area contributed by atoms with Gasteiger partial charge in [-0.2, -0.15) is 0 Å². The van der Waals surface area contributed by atoms with Crippen LogP contribution in [0.25, 0.3) is 0 Å². The smallest absolute Gasteiger partial charge is 0.237 e. The molecule has 0 aromatic carbocycles. The molecule has 0 bridgehead atoms. The first-order chi connectivity index (χ1) is 8.70. The van der Waals surface area contributed by atoms with E-state index in [0.29, 0.717) is 12.5 Å². The molecule has 1 aromatic rings. The third kappa shape index (κ3) is 3.07. The molecule has 6 nitrogen and oxygen atoms in total. The molecular weight excluding hydrogens is 230 g/mol. The fourth-order valence-corrected chi connectivity index (χ4v) is 2.28. The topological polar surface area (TPSA) is 71.8 Å². The summed E-state index contributed by atoms with van der Waals surface area (Å²) in [5, 5.41) is 14.0. The van der Waals surface area contributed by atoms with E-state index in [1.54, 1.807) is 6.33 Å². The molecule has 2 atom stereocenters. The summed E-state index contributed by atoms with van der Waals surface area (Å²) in [4.78, 5) is 12.0. The highest BCUT2D eigenvalue weighted by Crippen LogP contribution is 2.14. The fourth-order valence-electron chi connectivity index (χ4n) is 2.28. The van der Waals surface area contributed by atoms with Crippen molar-refractivity contribution in [3.05, 3.63) is 12.2 Å². The number of aryl methyl sites for hydroxylation is 1. The lowest BCUT2D eigenvalue weighted by Crippen LogP contribution is -2.48. The molecule has 1 aliphatic rings. The Hall–Kier alpha value is -1.43. The lowest BCUT2D eigenvalue weighted by molar-refractivity contribution is -0.124. The average Bonchev–Trinajstić information content (AvgIpc) is 2.83. The van der Waals surface area contributed by atoms with Crippen molar-refractivity contribution in [1.82, 2.24) is 25.4 Å². The van der Waals surface area contributed by atoms with Gasteiger partial charge in [0.25, 0.3) is 0 Å². The summed E-state index contributed by atoms with van der Waals surface area (Å²) < 4.78 is 1.93. The molecule has 18 heavy (non-hydrogen) atoms. The Morgan fingerprint density at radius 2 is 2.50 bits per heavy atom. The van der Waals surface area contributed by atoms with E-state index in [9.17, 15) is 4.79 Å². The van der Waals surface area contributed by atoms with Gasteiger partial charge in [0, 0.05) is 6.54 Å². The molecule has 1 amide bonds. The third-order valence-corrected chi connectivity index (χ3v) is 3.44. The molecule has 0 saturated carbocycles. The number of hydrogen-bond acceptors (Lipinski definition) is 4. The zero-order valence-corrected chi connectivity index (χ0v) is 11.0. The zero-order valence-electron chi connectivity index (χ0n) is 11.0. The Bertz CT molecular complexity index is 403. The number of hydrogen-bond donors (Lipinski definition) is 2. The highest BCUT2D eigenvalue weighted by molar-refractivity contribution is 5.81. The summed E-state index contributed by atoms with van der Waals surface area (Å²) in [5.74, 6) is 1.48. The molecule has 1 aliphatic heterocycles. The van der Waals surface area contributed by atoms with Gasteiger partial charge in [0.2, 0.25) is 5.91 Å². The number of nitrogens with zero attached hydrogens (tertiary/aromatic N) is 3. The van der Waals surface area contributed by atoms with Gasteiger partial charge in [0.1, 0.15) is 6.33 Å². The quantitative estimate of drug-likeness (QED) is 0.807. The molecule has 1 fully saturated rings. The van der Waals surface area contributed by atoms with Crippen LogP contribution < -0.4 is 10.6 Å². The van der Waals surface area contributed by atoms with Crippen LogP contribution in [0.15, 0.2) is 6.33 Å². The van der Waals surface area contributed by atoms with Crippen LogP contribution in [-0.2, 0) is 17.9 Å². The second kappa shape index (κ2) is 5.95. The SMILES string of the molecule is CCn1cnnc1CNC(=O)C1CC(C)CCN1. The van der Waals surface area contributed by atoms with Crippen molar-refractivity contribution in [1.29, 1.82) is 0 Å². The Labute approximate surface area is 107 Å². The van der Waals surface area contributed by atoms with Gasteiger partial charge in [-0.05, 0) is 32.2 Å². The highest BCUT2D eigenvalue weighted by atomic mass is 16.2. The average molecular weight is 251 g/mol. The van der Waals surface area contributed by atoms with Crippen LogP contribution in [0.3, 0.4) is 0 Å². The molecule has 0 aliphatic carbocycles. The maximum Gasteiger partial charge on any atom is 0.237 e. The van der Waals surface area contributed by atoms with E-state index in [-0.39, 0.29) is 11.9 Å². The summed E-state index contributed by atoms with van der Waals surface area (Å²) in [6, 6.07) is -0.0632. The van der Waals surface area contributed by atoms with Gasteiger partial charge in [-0.3, -0.25) is 4.79 Å². The van der Waals surface area contributed by atoms with Crippen molar-refractivity contribution in [3.63, 3.8) is 0 Å². The molecule has 6 heteroatoms. The largest absolute Gasteiger partial charge is 0.347 e. The first-order valence-electron chi connectivity index (χ1n) is 6.58. The lowest BCUT2D eigenvalue weighted by Gasteiger charge is -2.27. The molecule has 1 saturated heterocycles. The maximum absolute atomic E-state index is 12.0. The van der Waals surface area contributed by atoms with E-state index >= 15 is 0 Å². The third-order valence-electron chi connectivity index (χ3n) is 3.44. The minimum absolute atomic E-state index is 0.0622. The van der Waals surface area contributed by atoms with Crippen LogP contribution in [0.1, 0.15) is 32.5 Å². The Kier molecular flexibility index (Phi) is 4.30. The molecule has 100 valence electrons. The molecule has 2 heterocycles. The highest BCUT2D eigenvalue weighted by Gasteiger charge is 2.24. The standard InChI is InChI=1S/C12H21N5O/c1-3-17-8-15-16-11(17)7-14-12(18)10-6-9(2)4-5-13-10/h8-10,13H,3-7H2,1-2H3,(H,14,18). The summed E-state index contributed by atoms with van der Waals surface area (Å²) >= 11 is 0. The number of piperidine rings is 1. The van der Waals surface area contributed by atoms with Crippen molar-refractivity contribution in [2.24, 2.45) is 5.92 Å². The minimum Gasteiger partial charge on any atom is -0.347 e. The summed E-state index contributed by atoms with van der Waals surface area (Å²) in [6.45, 7) is 6.40. The Morgan fingerprint density at radius 3 is 3.22 bits per heavy atom. The minimum atomic E-state index is -0.0632. The van der Waals surface area contributed by atoms with Gasteiger partial charge in [0.05, 0.1) is 12.6 Å². The van der Waals surface area contributed by atoms with E-state index < -0.39 is 0 Å². The van der Waals surface area contributed by atoms with Gasteiger partial charge < -0.3 is 15.2 Å². The van der Waals surface area contributed by atoms with Crippen LogP contribution in [0.5, 0.6) is 0 Å². The maximum atomic E-state index is 12.0. The fraction of sp³-hybridized carbons (Fsp3) is 0.750. The number of aromatic nitrogens is 3. The normalized spacial score (nSPS) is 23.9. The molecule has 0 radical (unpaired) electrons. The molecule has 0 spiro atoms. The zero-order chi connectivity index (χ0) is 13.0. The first-order valence-corrected chi connectivity index (χ1v) is 6.58. The second-order valence-corrected chi connectivity index (χ2v) is 4.89. The molecule has 2 N–H and O–H groups in total. The van der Waals surface area contributed by atoms with E-state index in [0.717, 1.165) is 31.8 Å².